The molecule has 0 spiro atoms. The van der Waals surface area contributed by atoms with Gasteiger partial charge in [0.2, 0.25) is 0 Å². The summed E-state index contributed by atoms with van der Waals surface area (Å²) in [5, 5.41) is 6.14. The Morgan fingerprint density at radius 1 is 1.07 bits per heavy atom. The van der Waals surface area contributed by atoms with E-state index in [1.807, 2.05) is 31.2 Å². The molecule has 0 unspecified atom stereocenters. The van der Waals surface area contributed by atoms with E-state index in [1.165, 1.54) is 11.1 Å². The molecule has 2 aromatic carbocycles. The lowest BCUT2D eigenvalue weighted by molar-refractivity contribution is -0.122. The number of benzene rings is 2. The van der Waals surface area contributed by atoms with Crippen LogP contribution in [0.2, 0.25) is 0 Å². The minimum atomic E-state index is -0.115. The van der Waals surface area contributed by atoms with Crippen LogP contribution in [0.25, 0.3) is 0 Å². The molecule has 0 atom stereocenters. The molecule has 0 radical (unpaired) electrons. The quantitative estimate of drug-likeness (QED) is 0.333. The largest absolute Gasteiger partial charge is 0.484 e. The average Bonchev–Trinajstić information content (AvgIpc) is 2.75. The van der Waals surface area contributed by atoms with Gasteiger partial charge in [-0.2, -0.15) is 0 Å². The molecule has 3 rings (SSSR count). The zero-order valence-corrected chi connectivity index (χ0v) is 20.0. The van der Waals surface area contributed by atoms with Crippen molar-refractivity contribution < 1.29 is 9.53 Å². The van der Waals surface area contributed by atoms with Crippen LogP contribution in [0, 0.1) is 0 Å². The van der Waals surface area contributed by atoms with E-state index >= 15 is 0 Å². The van der Waals surface area contributed by atoms with Crippen LogP contribution in [0.1, 0.15) is 30.5 Å². The predicted octanol–water partition coefficient (Wildman–Crippen LogP) is 3.34. The molecule has 0 aliphatic carbocycles. The van der Waals surface area contributed by atoms with Crippen molar-refractivity contribution in [2.75, 3.05) is 26.2 Å². The second kappa shape index (κ2) is 12.4. The van der Waals surface area contributed by atoms with Crippen LogP contribution in [0.15, 0.2) is 53.5 Å². The fourth-order valence-electron chi connectivity index (χ4n) is 3.40. The van der Waals surface area contributed by atoms with E-state index in [0.717, 1.165) is 37.6 Å². The topological polar surface area (TPSA) is 66.0 Å². The van der Waals surface area contributed by atoms with E-state index in [2.05, 4.69) is 46.7 Å². The van der Waals surface area contributed by atoms with Crippen molar-refractivity contribution in [3.05, 3.63) is 65.2 Å². The lowest BCUT2D eigenvalue weighted by atomic mass is 10.0. The number of rotatable bonds is 7. The maximum atomic E-state index is 11.6. The molecule has 162 valence electrons. The number of amides is 1. The van der Waals surface area contributed by atoms with Gasteiger partial charge in [0, 0.05) is 26.2 Å². The van der Waals surface area contributed by atoms with Gasteiger partial charge in [0.05, 0.1) is 6.54 Å². The van der Waals surface area contributed by atoms with E-state index in [9.17, 15) is 4.79 Å². The van der Waals surface area contributed by atoms with Gasteiger partial charge in [0.25, 0.3) is 5.91 Å². The highest BCUT2D eigenvalue weighted by Gasteiger charge is 2.18. The Morgan fingerprint density at radius 3 is 2.60 bits per heavy atom. The van der Waals surface area contributed by atoms with Crippen molar-refractivity contribution in [2.45, 2.75) is 33.4 Å². The Balaban J connectivity index is 0.00000320. The fraction of sp³-hybridized carbons (Fsp3) is 0.391. The number of hydrogen-bond donors (Lipinski definition) is 2. The number of fused-ring (bicyclic) bond motifs is 1. The molecular formula is C23H31IN4O2. The maximum absolute atomic E-state index is 11.6. The van der Waals surface area contributed by atoms with E-state index in [0.29, 0.717) is 18.8 Å². The number of ether oxygens (including phenoxy) is 1. The summed E-state index contributed by atoms with van der Waals surface area (Å²) in [6.45, 7) is 7.81. The first-order valence-corrected chi connectivity index (χ1v) is 10.3. The minimum Gasteiger partial charge on any atom is -0.484 e. The van der Waals surface area contributed by atoms with Crippen molar-refractivity contribution in [1.82, 2.24) is 15.5 Å². The van der Waals surface area contributed by atoms with Crippen LogP contribution in [0.5, 0.6) is 5.75 Å². The van der Waals surface area contributed by atoms with Gasteiger partial charge in [-0.1, -0.05) is 36.4 Å². The number of nitrogens with one attached hydrogen (secondary N) is 2. The van der Waals surface area contributed by atoms with Crippen LogP contribution < -0.4 is 15.4 Å². The molecule has 1 amide bonds. The summed E-state index contributed by atoms with van der Waals surface area (Å²) in [5.41, 5.74) is 3.84. The summed E-state index contributed by atoms with van der Waals surface area (Å²) in [7, 11) is 0. The highest BCUT2D eigenvalue weighted by atomic mass is 127. The lowest BCUT2D eigenvalue weighted by Crippen LogP contribution is -2.44. The van der Waals surface area contributed by atoms with Crippen LogP contribution in [-0.4, -0.2) is 43.0 Å². The molecule has 6 nitrogen and oxygen atoms in total. The third kappa shape index (κ3) is 6.90. The van der Waals surface area contributed by atoms with Crippen molar-refractivity contribution in [3.8, 4) is 5.75 Å². The Bertz CT molecular complexity index is 857. The Hall–Kier alpha value is -2.29. The summed E-state index contributed by atoms with van der Waals surface area (Å²) >= 11 is 0. The molecule has 7 heteroatoms. The Labute approximate surface area is 196 Å². The summed E-state index contributed by atoms with van der Waals surface area (Å²) in [6.07, 6.45) is 1.03. The number of likely N-dealkylation sites (N-methyl/N-ethyl adjacent to an activating group) is 1. The number of aliphatic imine (C=N–C) groups is 1. The van der Waals surface area contributed by atoms with Crippen LogP contribution in [0.4, 0.5) is 0 Å². The number of carbonyl (C=O) groups is 1. The zero-order valence-electron chi connectivity index (χ0n) is 17.7. The van der Waals surface area contributed by atoms with E-state index in [1.54, 1.807) is 0 Å². The lowest BCUT2D eigenvalue weighted by Gasteiger charge is -2.31. The first-order chi connectivity index (χ1) is 14.2. The number of halogens is 1. The first kappa shape index (κ1) is 24.0. The zero-order chi connectivity index (χ0) is 20.5. The van der Waals surface area contributed by atoms with Gasteiger partial charge in [-0.25, -0.2) is 4.99 Å². The van der Waals surface area contributed by atoms with Gasteiger partial charge in [-0.05, 0) is 49.1 Å². The van der Waals surface area contributed by atoms with Gasteiger partial charge < -0.3 is 20.3 Å². The van der Waals surface area contributed by atoms with Gasteiger partial charge in [-0.15, -0.1) is 24.0 Å². The normalized spacial score (nSPS) is 13.1. The SMILES string of the molecule is CCNC(=O)COc1cccc(CN=C(NCC)N2CCc3ccccc3C2)c1.I. The van der Waals surface area contributed by atoms with Gasteiger partial charge in [-0.3, -0.25) is 4.79 Å². The summed E-state index contributed by atoms with van der Waals surface area (Å²) in [6, 6.07) is 16.4. The van der Waals surface area contributed by atoms with Crippen molar-refractivity contribution >= 4 is 35.8 Å². The van der Waals surface area contributed by atoms with Crippen LogP contribution in [0.3, 0.4) is 0 Å². The van der Waals surface area contributed by atoms with E-state index < -0.39 is 0 Å². The van der Waals surface area contributed by atoms with Gasteiger partial charge >= 0.3 is 0 Å². The van der Waals surface area contributed by atoms with Crippen molar-refractivity contribution in [2.24, 2.45) is 4.99 Å². The summed E-state index contributed by atoms with van der Waals surface area (Å²) < 4.78 is 5.58. The molecule has 0 aromatic heterocycles. The molecule has 0 saturated carbocycles. The first-order valence-electron chi connectivity index (χ1n) is 10.3. The number of hydrogen-bond acceptors (Lipinski definition) is 3. The Morgan fingerprint density at radius 2 is 1.83 bits per heavy atom. The van der Waals surface area contributed by atoms with E-state index in [-0.39, 0.29) is 36.5 Å². The molecule has 30 heavy (non-hydrogen) atoms. The molecule has 0 bridgehead atoms. The predicted molar refractivity (Wildman–Crippen MR) is 131 cm³/mol. The fourth-order valence-corrected chi connectivity index (χ4v) is 3.40. The summed E-state index contributed by atoms with van der Waals surface area (Å²) in [5.74, 6) is 1.49. The molecular weight excluding hydrogens is 491 g/mol. The second-order valence-electron chi connectivity index (χ2n) is 7.00. The van der Waals surface area contributed by atoms with Crippen LogP contribution in [-0.2, 0) is 24.3 Å². The molecule has 1 aliphatic rings. The number of carbonyl (C=O) groups excluding carboxylic acids is 1. The van der Waals surface area contributed by atoms with Gasteiger partial charge in [0.15, 0.2) is 12.6 Å². The standard InChI is InChI=1S/C23H30N4O2.HI/c1-3-24-22(28)17-29-21-11-7-8-18(14-21)15-26-23(25-4-2)27-13-12-19-9-5-6-10-20(19)16-27;/h5-11,14H,3-4,12-13,15-17H2,1-2H3,(H,24,28)(H,25,26);1H. The van der Waals surface area contributed by atoms with Crippen molar-refractivity contribution in [1.29, 1.82) is 0 Å². The molecule has 1 aliphatic heterocycles. The third-order valence-corrected chi connectivity index (χ3v) is 4.82. The Kier molecular flexibility index (Phi) is 9.93. The van der Waals surface area contributed by atoms with Gasteiger partial charge in [0.1, 0.15) is 5.75 Å². The summed E-state index contributed by atoms with van der Waals surface area (Å²) in [4.78, 5) is 18.7. The number of guanidine groups is 1. The third-order valence-electron chi connectivity index (χ3n) is 4.82. The molecule has 0 fully saturated rings. The highest BCUT2D eigenvalue weighted by molar-refractivity contribution is 14.0. The average molecular weight is 522 g/mol. The smallest absolute Gasteiger partial charge is 0.257 e. The maximum Gasteiger partial charge on any atom is 0.257 e. The molecule has 1 heterocycles. The minimum absolute atomic E-state index is 0. The van der Waals surface area contributed by atoms with E-state index in [4.69, 9.17) is 9.73 Å². The second-order valence-corrected chi connectivity index (χ2v) is 7.00. The van der Waals surface area contributed by atoms with Crippen molar-refractivity contribution in [3.63, 3.8) is 0 Å². The monoisotopic (exact) mass is 522 g/mol. The molecule has 2 aromatic rings. The molecule has 2 N–H and O–H groups in total. The van der Waals surface area contributed by atoms with Crippen LogP contribution >= 0.6 is 24.0 Å². The highest BCUT2D eigenvalue weighted by Crippen LogP contribution is 2.19. The number of nitrogens with zero attached hydrogens (tertiary/aromatic N) is 2. The molecule has 0 saturated heterocycles.